The van der Waals surface area contributed by atoms with Gasteiger partial charge in [-0.25, -0.2) is 8.78 Å². The SMILES string of the molecule is N#Cc1c(N)[nH]c(=O)c(C#N)c1-c1ccc(N2CCN(C(c3ccc(F)cc3)c3ccc(F)cc3)CC2)cc1. The molecule has 1 aromatic heterocycles. The molecule has 0 amide bonds. The number of hydrogen-bond acceptors (Lipinski definition) is 6. The maximum Gasteiger partial charge on any atom is 0.268 e. The van der Waals surface area contributed by atoms with E-state index in [1.165, 1.54) is 24.3 Å². The van der Waals surface area contributed by atoms with Gasteiger partial charge in [0.25, 0.3) is 5.56 Å². The third-order valence-corrected chi connectivity index (χ3v) is 7.04. The van der Waals surface area contributed by atoms with Crippen molar-refractivity contribution < 1.29 is 8.78 Å². The molecule has 0 unspecified atom stereocenters. The monoisotopic (exact) mass is 522 g/mol. The Morgan fingerprint density at radius 1 is 0.769 bits per heavy atom. The highest BCUT2D eigenvalue weighted by molar-refractivity contribution is 5.80. The van der Waals surface area contributed by atoms with Crippen molar-refractivity contribution in [1.29, 1.82) is 10.5 Å². The Hall–Kier alpha value is -4.99. The topological polar surface area (TPSA) is 113 Å². The van der Waals surface area contributed by atoms with E-state index in [1.807, 2.05) is 24.3 Å². The first-order valence-electron chi connectivity index (χ1n) is 12.4. The predicted molar refractivity (Wildman–Crippen MR) is 145 cm³/mol. The summed E-state index contributed by atoms with van der Waals surface area (Å²) >= 11 is 0. The van der Waals surface area contributed by atoms with Crippen LogP contribution in [0.5, 0.6) is 0 Å². The van der Waals surface area contributed by atoms with Gasteiger partial charge in [0.05, 0.1) is 6.04 Å². The standard InChI is InChI=1S/C30H24F2N6O/c31-22-7-1-20(2-8-22)28(21-3-9-23(32)10-4-21)38-15-13-37(14-16-38)24-11-5-19(6-12-24)27-25(17-33)29(35)36-30(39)26(27)18-34/h1-12,28H,13-16H2,(H3,35,36,39). The molecule has 1 aliphatic heterocycles. The van der Waals surface area contributed by atoms with Crippen molar-refractivity contribution in [3.63, 3.8) is 0 Å². The Labute approximate surface area is 224 Å². The molecule has 4 aromatic rings. The van der Waals surface area contributed by atoms with Crippen molar-refractivity contribution in [2.75, 3.05) is 36.8 Å². The van der Waals surface area contributed by atoms with Crippen LogP contribution in [0.2, 0.25) is 0 Å². The minimum Gasteiger partial charge on any atom is -0.384 e. The number of nitrogens with zero attached hydrogens (tertiary/aromatic N) is 4. The lowest BCUT2D eigenvalue weighted by atomic mass is 9.95. The lowest BCUT2D eigenvalue weighted by Gasteiger charge is -2.40. The van der Waals surface area contributed by atoms with Crippen molar-refractivity contribution >= 4 is 11.5 Å². The van der Waals surface area contributed by atoms with E-state index in [0.29, 0.717) is 31.7 Å². The molecule has 5 rings (SSSR count). The number of nitrogens with two attached hydrogens (primary N) is 1. The van der Waals surface area contributed by atoms with Crippen LogP contribution in [0.1, 0.15) is 28.3 Å². The second-order valence-corrected chi connectivity index (χ2v) is 9.29. The van der Waals surface area contributed by atoms with E-state index in [1.54, 1.807) is 36.4 Å². The van der Waals surface area contributed by atoms with E-state index in [4.69, 9.17) is 5.73 Å². The van der Waals surface area contributed by atoms with Crippen LogP contribution in [0.15, 0.2) is 77.6 Å². The summed E-state index contributed by atoms with van der Waals surface area (Å²) < 4.78 is 27.2. The molecule has 0 radical (unpaired) electrons. The van der Waals surface area contributed by atoms with Crippen LogP contribution in [0.3, 0.4) is 0 Å². The summed E-state index contributed by atoms with van der Waals surface area (Å²) in [5, 5.41) is 19.1. The summed E-state index contributed by atoms with van der Waals surface area (Å²) in [6.45, 7) is 2.85. The van der Waals surface area contributed by atoms with Gasteiger partial charge >= 0.3 is 0 Å². The number of anilines is 2. The quantitative estimate of drug-likeness (QED) is 0.397. The predicted octanol–water partition coefficient (Wildman–Crippen LogP) is 4.56. The number of pyridine rings is 1. The molecule has 2 heterocycles. The number of nitriles is 2. The molecule has 0 bridgehead atoms. The number of aromatic nitrogens is 1. The van der Waals surface area contributed by atoms with Gasteiger partial charge in [-0.05, 0) is 53.1 Å². The van der Waals surface area contributed by atoms with E-state index in [2.05, 4.69) is 14.8 Å². The fraction of sp³-hybridized carbons (Fsp3) is 0.167. The first-order chi connectivity index (χ1) is 18.9. The van der Waals surface area contributed by atoms with Gasteiger partial charge < -0.3 is 15.6 Å². The highest BCUT2D eigenvalue weighted by Crippen LogP contribution is 2.33. The lowest BCUT2D eigenvalue weighted by Crippen LogP contribution is -2.48. The maximum atomic E-state index is 13.6. The van der Waals surface area contributed by atoms with Crippen LogP contribution in [0.4, 0.5) is 20.3 Å². The van der Waals surface area contributed by atoms with Crippen LogP contribution in [-0.4, -0.2) is 36.1 Å². The number of piperazine rings is 1. The number of hydrogen-bond donors (Lipinski definition) is 2. The van der Waals surface area contributed by atoms with Gasteiger partial charge in [-0.2, -0.15) is 10.5 Å². The third kappa shape index (κ3) is 5.08. The summed E-state index contributed by atoms with van der Waals surface area (Å²) in [4.78, 5) is 19.1. The molecule has 1 aliphatic rings. The van der Waals surface area contributed by atoms with E-state index in [0.717, 1.165) is 16.8 Å². The number of H-pyrrole nitrogens is 1. The van der Waals surface area contributed by atoms with Crippen molar-refractivity contribution in [3.8, 4) is 23.3 Å². The van der Waals surface area contributed by atoms with Crippen molar-refractivity contribution in [3.05, 3.63) is 117 Å². The molecular weight excluding hydrogens is 498 g/mol. The average Bonchev–Trinajstić information content (AvgIpc) is 2.95. The number of rotatable bonds is 5. The fourth-order valence-electron chi connectivity index (χ4n) is 5.11. The molecule has 0 saturated carbocycles. The van der Waals surface area contributed by atoms with Crippen molar-refractivity contribution in [2.24, 2.45) is 0 Å². The molecule has 39 heavy (non-hydrogen) atoms. The lowest BCUT2D eigenvalue weighted by molar-refractivity contribution is 0.212. The average molecular weight is 523 g/mol. The smallest absolute Gasteiger partial charge is 0.268 e. The zero-order valence-electron chi connectivity index (χ0n) is 20.9. The Balaban J connectivity index is 1.37. The number of nitrogen functional groups attached to an aromatic ring is 1. The minimum atomic E-state index is -0.638. The first-order valence-corrected chi connectivity index (χ1v) is 12.4. The molecule has 3 aromatic carbocycles. The summed E-state index contributed by atoms with van der Waals surface area (Å²) in [5.41, 5.74) is 8.68. The largest absolute Gasteiger partial charge is 0.384 e. The molecule has 0 aliphatic carbocycles. The molecular formula is C30H24F2N6O. The van der Waals surface area contributed by atoms with Crippen LogP contribution in [0, 0.1) is 34.3 Å². The van der Waals surface area contributed by atoms with E-state index in [9.17, 15) is 24.1 Å². The molecule has 3 N–H and O–H groups in total. The van der Waals surface area contributed by atoms with Gasteiger partial charge in [-0.1, -0.05) is 36.4 Å². The first kappa shape index (κ1) is 25.7. The minimum absolute atomic E-state index is 0.0557. The Morgan fingerprint density at radius 2 is 1.28 bits per heavy atom. The zero-order chi connectivity index (χ0) is 27.5. The number of halogens is 2. The summed E-state index contributed by atoms with van der Waals surface area (Å²) in [7, 11) is 0. The van der Waals surface area contributed by atoms with Crippen LogP contribution >= 0.6 is 0 Å². The number of aromatic amines is 1. The third-order valence-electron chi connectivity index (χ3n) is 7.04. The Morgan fingerprint density at radius 3 is 1.77 bits per heavy atom. The maximum absolute atomic E-state index is 13.6. The van der Waals surface area contributed by atoms with Gasteiger partial charge in [0.2, 0.25) is 0 Å². The van der Waals surface area contributed by atoms with Gasteiger partial charge in [0, 0.05) is 37.4 Å². The molecule has 0 spiro atoms. The molecule has 9 heteroatoms. The van der Waals surface area contributed by atoms with Crippen molar-refractivity contribution in [2.45, 2.75) is 6.04 Å². The molecule has 0 atom stereocenters. The second kappa shape index (κ2) is 10.8. The van der Waals surface area contributed by atoms with Gasteiger partial charge in [0.1, 0.15) is 40.7 Å². The molecule has 1 saturated heterocycles. The summed E-state index contributed by atoms with van der Waals surface area (Å²) in [5.74, 6) is -0.693. The summed E-state index contributed by atoms with van der Waals surface area (Å²) in [6, 6.07) is 23.9. The molecule has 1 fully saturated rings. The van der Waals surface area contributed by atoms with E-state index < -0.39 is 5.56 Å². The highest BCUT2D eigenvalue weighted by Gasteiger charge is 2.27. The van der Waals surface area contributed by atoms with Gasteiger partial charge in [0.15, 0.2) is 0 Å². The number of benzene rings is 3. The van der Waals surface area contributed by atoms with Crippen molar-refractivity contribution in [1.82, 2.24) is 9.88 Å². The van der Waals surface area contributed by atoms with E-state index in [-0.39, 0.29) is 40.2 Å². The second-order valence-electron chi connectivity index (χ2n) is 9.29. The van der Waals surface area contributed by atoms with Crippen LogP contribution < -0.4 is 16.2 Å². The Bertz CT molecular complexity index is 1580. The molecule has 194 valence electrons. The summed E-state index contributed by atoms with van der Waals surface area (Å²) in [6.07, 6.45) is 0. The van der Waals surface area contributed by atoms with Gasteiger partial charge in [-0.3, -0.25) is 9.69 Å². The highest BCUT2D eigenvalue weighted by atomic mass is 19.1. The fourth-order valence-corrected chi connectivity index (χ4v) is 5.11. The normalized spacial score (nSPS) is 13.7. The molecule has 7 nitrogen and oxygen atoms in total. The van der Waals surface area contributed by atoms with Gasteiger partial charge in [-0.15, -0.1) is 0 Å². The Kier molecular flexibility index (Phi) is 7.09. The van der Waals surface area contributed by atoms with E-state index >= 15 is 0 Å². The van der Waals surface area contributed by atoms with Crippen LogP contribution in [0.25, 0.3) is 11.1 Å². The number of nitrogens with one attached hydrogen (secondary N) is 1. The van der Waals surface area contributed by atoms with Crippen LogP contribution in [-0.2, 0) is 0 Å². The zero-order valence-corrected chi connectivity index (χ0v) is 20.9.